The fraction of sp³-hybridized carbons (Fsp3) is 0.500. The summed E-state index contributed by atoms with van der Waals surface area (Å²) in [5.74, 6) is -0.195. The van der Waals surface area contributed by atoms with Gasteiger partial charge in [-0.25, -0.2) is 4.79 Å². The quantitative estimate of drug-likeness (QED) is 0.625. The lowest BCUT2D eigenvalue weighted by atomic mass is 9.72. The van der Waals surface area contributed by atoms with E-state index in [1.54, 1.807) is 0 Å². The van der Waals surface area contributed by atoms with Crippen molar-refractivity contribution in [1.82, 2.24) is 0 Å². The van der Waals surface area contributed by atoms with Crippen LogP contribution in [0.15, 0.2) is 24.3 Å². The minimum absolute atomic E-state index is 0.0593. The maximum atomic E-state index is 11.9. The molecule has 1 aliphatic heterocycles. The maximum absolute atomic E-state index is 11.9. The molecule has 1 aromatic rings. The Morgan fingerprint density at radius 3 is 2.50 bits per heavy atom. The molecule has 1 atom stereocenters. The van der Waals surface area contributed by atoms with E-state index in [-0.39, 0.29) is 11.4 Å². The van der Waals surface area contributed by atoms with Crippen LogP contribution in [0.1, 0.15) is 43.6 Å². The molecule has 1 unspecified atom stereocenters. The molecular weight excluding hydrogens is 200 g/mol. The summed E-state index contributed by atoms with van der Waals surface area (Å²) in [6.07, 6.45) is 0.790. The van der Waals surface area contributed by atoms with E-state index >= 15 is 0 Å². The van der Waals surface area contributed by atoms with E-state index in [2.05, 4.69) is 20.8 Å². The van der Waals surface area contributed by atoms with Crippen molar-refractivity contribution in [3.63, 3.8) is 0 Å². The first-order valence-corrected chi connectivity index (χ1v) is 5.65. The zero-order chi connectivity index (χ0) is 12.0. The summed E-state index contributed by atoms with van der Waals surface area (Å²) < 4.78 is 5.63. The van der Waals surface area contributed by atoms with Crippen LogP contribution in [0.2, 0.25) is 0 Å². The van der Waals surface area contributed by atoms with Gasteiger partial charge in [0.05, 0.1) is 5.56 Å². The number of fused-ring (bicyclic) bond motifs is 1. The Kier molecular flexibility index (Phi) is 2.33. The molecule has 86 valence electrons. The number of esters is 1. The Hall–Kier alpha value is -1.31. The van der Waals surface area contributed by atoms with Gasteiger partial charge in [0, 0.05) is 11.8 Å². The molecular formula is C14H18O2. The third-order valence-corrected chi connectivity index (χ3v) is 3.67. The molecule has 1 aromatic carbocycles. The van der Waals surface area contributed by atoms with Crippen molar-refractivity contribution >= 4 is 5.97 Å². The number of hydrogen-bond donors (Lipinski definition) is 0. The topological polar surface area (TPSA) is 26.3 Å². The minimum atomic E-state index is -0.418. The van der Waals surface area contributed by atoms with E-state index < -0.39 is 5.60 Å². The molecule has 2 heteroatoms. The van der Waals surface area contributed by atoms with E-state index in [1.807, 2.05) is 31.2 Å². The number of ether oxygens (including phenoxy) is 1. The second-order valence-corrected chi connectivity index (χ2v) is 5.70. The first-order valence-electron chi connectivity index (χ1n) is 5.65. The number of carbonyl (C=O) groups is 1. The van der Waals surface area contributed by atoms with Crippen LogP contribution in [-0.2, 0) is 11.2 Å². The van der Waals surface area contributed by atoms with Gasteiger partial charge in [0.25, 0.3) is 0 Å². The predicted molar refractivity (Wildman–Crippen MR) is 63.4 cm³/mol. The molecule has 0 saturated heterocycles. The van der Waals surface area contributed by atoms with Gasteiger partial charge in [-0.15, -0.1) is 0 Å². The second-order valence-electron chi connectivity index (χ2n) is 5.70. The lowest BCUT2D eigenvalue weighted by Gasteiger charge is -2.44. The summed E-state index contributed by atoms with van der Waals surface area (Å²) >= 11 is 0. The van der Waals surface area contributed by atoms with Crippen molar-refractivity contribution < 1.29 is 9.53 Å². The van der Waals surface area contributed by atoms with Gasteiger partial charge < -0.3 is 4.74 Å². The Bertz CT molecular complexity index is 429. The van der Waals surface area contributed by atoms with Crippen LogP contribution in [-0.4, -0.2) is 11.6 Å². The van der Waals surface area contributed by atoms with Gasteiger partial charge >= 0.3 is 5.97 Å². The van der Waals surface area contributed by atoms with E-state index in [1.165, 1.54) is 0 Å². The van der Waals surface area contributed by atoms with E-state index in [0.29, 0.717) is 5.56 Å². The van der Waals surface area contributed by atoms with Crippen LogP contribution < -0.4 is 0 Å². The van der Waals surface area contributed by atoms with Crippen LogP contribution in [0.5, 0.6) is 0 Å². The Morgan fingerprint density at radius 2 is 1.88 bits per heavy atom. The molecule has 0 fully saturated rings. The molecule has 1 heterocycles. The standard InChI is InChI=1S/C14H18O2/c1-13(2,3)14(4)9-10-7-5-6-8-11(10)12(15)16-14/h5-8H,9H2,1-4H3. The molecule has 0 bridgehead atoms. The third kappa shape index (κ3) is 1.62. The number of hydrogen-bond acceptors (Lipinski definition) is 2. The van der Waals surface area contributed by atoms with Crippen molar-refractivity contribution in [2.24, 2.45) is 5.41 Å². The lowest BCUT2D eigenvalue weighted by molar-refractivity contribution is -0.0726. The average Bonchev–Trinajstić information content (AvgIpc) is 2.15. The summed E-state index contributed by atoms with van der Waals surface area (Å²) in [6, 6.07) is 7.69. The van der Waals surface area contributed by atoms with Crippen molar-refractivity contribution in [2.45, 2.75) is 39.7 Å². The summed E-state index contributed by atoms with van der Waals surface area (Å²) in [7, 11) is 0. The molecule has 16 heavy (non-hydrogen) atoms. The minimum Gasteiger partial charge on any atom is -0.455 e. The fourth-order valence-electron chi connectivity index (χ4n) is 1.95. The fourth-order valence-corrected chi connectivity index (χ4v) is 1.95. The molecule has 0 aliphatic carbocycles. The third-order valence-electron chi connectivity index (χ3n) is 3.67. The van der Waals surface area contributed by atoms with E-state index in [0.717, 1.165) is 12.0 Å². The van der Waals surface area contributed by atoms with Crippen LogP contribution in [0, 0.1) is 5.41 Å². The molecule has 0 spiro atoms. The summed E-state index contributed by atoms with van der Waals surface area (Å²) in [4.78, 5) is 11.9. The lowest BCUT2D eigenvalue weighted by Crippen LogP contribution is -2.48. The average molecular weight is 218 g/mol. The summed E-state index contributed by atoms with van der Waals surface area (Å²) in [6.45, 7) is 8.33. The molecule has 0 aromatic heterocycles. The zero-order valence-corrected chi connectivity index (χ0v) is 10.3. The van der Waals surface area contributed by atoms with Gasteiger partial charge in [0.1, 0.15) is 5.60 Å². The highest BCUT2D eigenvalue weighted by Gasteiger charge is 2.44. The van der Waals surface area contributed by atoms with E-state index in [9.17, 15) is 4.79 Å². The number of benzene rings is 1. The predicted octanol–water partition coefficient (Wildman–Crippen LogP) is 3.20. The van der Waals surface area contributed by atoms with Crippen molar-refractivity contribution in [1.29, 1.82) is 0 Å². The maximum Gasteiger partial charge on any atom is 0.338 e. The first kappa shape index (κ1) is 11.2. The number of carbonyl (C=O) groups excluding carboxylic acids is 1. The normalized spacial score (nSPS) is 24.9. The van der Waals surface area contributed by atoms with Crippen molar-refractivity contribution in [3.8, 4) is 0 Å². The molecule has 0 amide bonds. The largest absolute Gasteiger partial charge is 0.455 e. The Morgan fingerprint density at radius 1 is 1.25 bits per heavy atom. The highest BCUT2D eigenvalue weighted by atomic mass is 16.6. The van der Waals surface area contributed by atoms with Gasteiger partial charge in [-0.1, -0.05) is 39.0 Å². The Balaban J connectivity index is 2.46. The molecule has 0 saturated carbocycles. The van der Waals surface area contributed by atoms with Gasteiger partial charge in [0.2, 0.25) is 0 Å². The smallest absolute Gasteiger partial charge is 0.338 e. The van der Waals surface area contributed by atoms with Gasteiger partial charge in [-0.3, -0.25) is 0 Å². The molecule has 0 N–H and O–H groups in total. The van der Waals surface area contributed by atoms with E-state index in [4.69, 9.17) is 4.74 Å². The van der Waals surface area contributed by atoms with Crippen molar-refractivity contribution in [3.05, 3.63) is 35.4 Å². The zero-order valence-electron chi connectivity index (χ0n) is 10.3. The molecule has 1 aliphatic rings. The van der Waals surface area contributed by atoms with Crippen LogP contribution in [0.3, 0.4) is 0 Å². The highest BCUT2D eigenvalue weighted by Crippen LogP contribution is 2.40. The van der Waals surface area contributed by atoms with Gasteiger partial charge in [-0.05, 0) is 18.6 Å². The van der Waals surface area contributed by atoms with Gasteiger partial charge in [0.15, 0.2) is 0 Å². The molecule has 0 radical (unpaired) electrons. The van der Waals surface area contributed by atoms with Crippen LogP contribution in [0.4, 0.5) is 0 Å². The molecule has 2 rings (SSSR count). The van der Waals surface area contributed by atoms with Crippen LogP contribution in [0.25, 0.3) is 0 Å². The molecule has 2 nitrogen and oxygen atoms in total. The second kappa shape index (κ2) is 3.34. The monoisotopic (exact) mass is 218 g/mol. The first-order chi connectivity index (χ1) is 7.33. The van der Waals surface area contributed by atoms with Crippen LogP contribution >= 0.6 is 0 Å². The van der Waals surface area contributed by atoms with Gasteiger partial charge in [-0.2, -0.15) is 0 Å². The van der Waals surface area contributed by atoms with Crippen molar-refractivity contribution in [2.75, 3.05) is 0 Å². The highest BCUT2D eigenvalue weighted by molar-refractivity contribution is 5.92. The summed E-state index contributed by atoms with van der Waals surface area (Å²) in [5, 5.41) is 0. The number of rotatable bonds is 0. The summed E-state index contributed by atoms with van der Waals surface area (Å²) in [5.41, 5.74) is 1.33. The Labute approximate surface area is 96.6 Å². The number of cyclic esters (lactones) is 1. The SMILES string of the molecule is CC(C)(C)C1(C)Cc2ccccc2C(=O)O1.